The Hall–Kier alpha value is -0.0800. The van der Waals surface area contributed by atoms with E-state index in [0.29, 0.717) is 5.41 Å². The number of hydrogen-bond donors (Lipinski definition) is 1. The van der Waals surface area contributed by atoms with Crippen LogP contribution in [0.1, 0.15) is 26.7 Å². The molecule has 0 aromatic carbocycles. The molecule has 0 bridgehead atoms. The molecule has 1 fully saturated rings. The van der Waals surface area contributed by atoms with E-state index in [0.717, 1.165) is 19.2 Å². The largest absolute Gasteiger partial charge is 0.383 e. The zero-order valence-electron chi connectivity index (χ0n) is 7.81. The smallest absolute Gasteiger partial charge is 0.0587 e. The van der Waals surface area contributed by atoms with Crippen molar-refractivity contribution in [3.8, 4) is 0 Å². The lowest BCUT2D eigenvalue weighted by Gasteiger charge is -2.43. The van der Waals surface area contributed by atoms with E-state index < -0.39 is 0 Å². The van der Waals surface area contributed by atoms with Crippen molar-refractivity contribution in [2.75, 3.05) is 20.3 Å². The molecule has 1 rings (SSSR count). The molecule has 66 valence electrons. The summed E-state index contributed by atoms with van der Waals surface area (Å²) < 4.78 is 4.95. The van der Waals surface area contributed by atoms with Crippen LogP contribution in [0.25, 0.3) is 0 Å². The summed E-state index contributed by atoms with van der Waals surface area (Å²) in [4.78, 5) is 0. The summed E-state index contributed by atoms with van der Waals surface area (Å²) >= 11 is 0. The summed E-state index contributed by atoms with van der Waals surface area (Å²) in [6.45, 7) is 6.47. The maximum Gasteiger partial charge on any atom is 0.0587 e. The zero-order valence-corrected chi connectivity index (χ0v) is 7.81. The van der Waals surface area contributed by atoms with Gasteiger partial charge in [0.25, 0.3) is 0 Å². The van der Waals surface area contributed by atoms with E-state index in [9.17, 15) is 0 Å². The van der Waals surface area contributed by atoms with E-state index in [1.807, 2.05) is 0 Å². The van der Waals surface area contributed by atoms with Gasteiger partial charge in [0.15, 0.2) is 0 Å². The highest BCUT2D eigenvalue weighted by molar-refractivity contribution is 4.91. The molecule has 0 heterocycles. The van der Waals surface area contributed by atoms with Gasteiger partial charge in [-0.15, -0.1) is 0 Å². The Morgan fingerprint density at radius 3 is 2.55 bits per heavy atom. The van der Waals surface area contributed by atoms with Gasteiger partial charge in [0, 0.05) is 19.7 Å². The van der Waals surface area contributed by atoms with Crippen molar-refractivity contribution in [1.29, 1.82) is 0 Å². The van der Waals surface area contributed by atoms with Crippen LogP contribution in [-0.4, -0.2) is 26.3 Å². The molecule has 0 unspecified atom stereocenters. The highest BCUT2D eigenvalue weighted by Crippen LogP contribution is 2.39. The van der Waals surface area contributed by atoms with E-state index in [-0.39, 0.29) is 0 Å². The first-order valence-corrected chi connectivity index (χ1v) is 4.36. The second kappa shape index (κ2) is 3.55. The second-order valence-corrected chi connectivity index (χ2v) is 4.22. The first kappa shape index (κ1) is 9.01. The van der Waals surface area contributed by atoms with Crippen molar-refractivity contribution in [2.24, 2.45) is 5.41 Å². The Kier molecular flexibility index (Phi) is 2.90. The number of nitrogens with one attached hydrogen (secondary N) is 1. The van der Waals surface area contributed by atoms with Crippen LogP contribution in [0, 0.1) is 5.41 Å². The Labute approximate surface area is 69.3 Å². The molecule has 0 saturated heterocycles. The third kappa shape index (κ3) is 2.80. The van der Waals surface area contributed by atoms with Gasteiger partial charge in [0.05, 0.1) is 6.61 Å². The van der Waals surface area contributed by atoms with Gasteiger partial charge in [-0.1, -0.05) is 13.8 Å². The lowest BCUT2D eigenvalue weighted by Crippen LogP contribution is -2.46. The minimum Gasteiger partial charge on any atom is -0.383 e. The lowest BCUT2D eigenvalue weighted by molar-refractivity contribution is 0.114. The van der Waals surface area contributed by atoms with Gasteiger partial charge in [-0.3, -0.25) is 0 Å². The van der Waals surface area contributed by atoms with Crippen LogP contribution in [0.15, 0.2) is 0 Å². The number of hydrogen-bond acceptors (Lipinski definition) is 2. The van der Waals surface area contributed by atoms with E-state index in [4.69, 9.17) is 4.74 Å². The zero-order chi connectivity index (χ0) is 8.32. The monoisotopic (exact) mass is 157 g/mol. The van der Waals surface area contributed by atoms with Crippen molar-refractivity contribution in [1.82, 2.24) is 5.32 Å². The molecule has 0 aliphatic heterocycles. The molecule has 1 aliphatic rings. The molecule has 0 radical (unpaired) electrons. The topological polar surface area (TPSA) is 21.3 Å². The maximum atomic E-state index is 4.95. The molecule has 2 heteroatoms. The standard InChI is InChI=1S/C9H19NO/c1-9(2)6-8(7-9)10-4-5-11-3/h8,10H,4-7H2,1-3H3. The highest BCUT2D eigenvalue weighted by atomic mass is 16.5. The van der Waals surface area contributed by atoms with Crippen LogP contribution in [0.4, 0.5) is 0 Å². The predicted molar refractivity (Wildman–Crippen MR) is 46.7 cm³/mol. The van der Waals surface area contributed by atoms with Crippen molar-refractivity contribution in [3.63, 3.8) is 0 Å². The molecule has 0 atom stereocenters. The van der Waals surface area contributed by atoms with Crippen molar-refractivity contribution >= 4 is 0 Å². The summed E-state index contributed by atoms with van der Waals surface area (Å²) in [6, 6.07) is 0.750. The fourth-order valence-corrected chi connectivity index (χ4v) is 1.78. The SMILES string of the molecule is COCCNC1CC(C)(C)C1. The van der Waals surface area contributed by atoms with Gasteiger partial charge in [0.1, 0.15) is 0 Å². The highest BCUT2D eigenvalue weighted by Gasteiger charge is 2.35. The van der Waals surface area contributed by atoms with Crippen molar-refractivity contribution in [2.45, 2.75) is 32.7 Å². The fraction of sp³-hybridized carbons (Fsp3) is 1.00. The van der Waals surface area contributed by atoms with Gasteiger partial charge >= 0.3 is 0 Å². The van der Waals surface area contributed by atoms with Crippen LogP contribution in [0.3, 0.4) is 0 Å². The molecule has 0 aromatic rings. The Balaban J connectivity index is 1.96. The summed E-state index contributed by atoms with van der Waals surface area (Å²) in [5, 5.41) is 3.45. The van der Waals surface area contributed by atoms with Gasteiger partial charge in [-0.05, 0) is 18.3 Å². The molecular formula is C9H19NO. The van der Waals surface area contributed by atoms with Gasteiger partial charge in [-0.2, -0.15) is 0 Å². The van der Waals surface area contributed by atoms with Gasteiger partial charge in [0.2, 0.25) is 0 Å². The normalized spacial score (nSPS) is 23.2. The molecule has 1 saturated carbocycles. The molecule has 0 aromatic heterocycles. The molecule has 1 N–H and O–H groups in total. The van der Waals surface area contributed by atoms with Crippen LogP contribution in [0.5, 0.6) is 0 Å². The lowest BCUT2D eigenvalue weighted by atomic mass is 9.68. The average Bonchev–Trinajstić information content (AvgIpc) is 1.84. The maximum absolute atomic E-state index is 4.95. The average molecular weight is 157 g/mol. The van der Waals surface area contributed by atoms with Gasteiger partial charge < -0.3 is 10.1 Å². The summed E-state index contributed by atoms with van der Waals surface area (Å²) in [5.74, 6) is 0. The quantitative estimate of drug-likeness (QED) is 0.623. The van der Waals surface area contributed by atoms with E-state index in [1.54, 1.807) is 7.11 Å². The van der Waals surface area contributed by atoms with Crippen LogP contribution in [-0.2, 0) is 4.74 Å². The minimum atomic E-state index is 0.588. The summed E-state index contributed by atoms with van der Waals surface area (Å²) in [5.41, 5.74) is 0.588. The van der Waals surface area contributed by atoms with E-state index in [2.05, 4.69) is 19.2 Å². The van der Waals surface area contributed by atoms with E-state index >= 15 is 0 Å². The number of methoxy groups -OCH3 is 1. The first-order chi connectivity index (χ1) is 5.14. The number of ether oxygens (including phenoxy) is 1. The third-order valence-electron chi connectivity index (χ3n) is 2.34. The molecular weight excluding hydrogens is 138 g/mol. The Morgan fingerprint density at radius 2 is 2.09 bits per heavy atom. The Bertz CT molecular complexity index is 115. The number of rotatable bonds is 4. The molecule has 0 amide bonds. The second-order valence-electron chi connectivity index (χ2n) is 4.22. The third-order valence-corrected chi connectivity index (χ3v) is 2.34. The Morgan fingerprint density at radius 1 is 1.45 bits per heavy atom. The predicted octanol–water partition coefficient (Wildman–Crippen LogP) is 1.41. The van der Waals surface area contributed by atoms with Crippen LogP contribution >= 0.6 is 0 Å². The van der Waals surface area contributed by atoms with Crippen LogP contribution < -0.4 is 5.32 Å². The first-order valence-electron chi connectivity index (χ1n) is 4.36. The van der Waals surface area contributed by atoms with Gasteiger partial charge in [-0.25, -0.2) is 0 Å². The molecule has 1 aliphatic carbocycles. The summed E-state index contributed by atoms with van der Waals surface area (Å²) in [7, 11) is 1.74. The minimum absolute atomic E-state index is 0.588. The molecule has 0 spiro atoms. The van der Waals surface area contributed by atoms with Crippen molar-refractivity contribution in [3.05, 3.63) is 0 Å². The van der Waals surface area contributed by atoms with E-state index in [1.165, 1.54) is 12.8 Å². The fourth-order valence-electron chi connectivity index (χ4n) is 1.78. The summed E-state index contributed by atoms with van der Waals surface area (Å²) in [6.07, 6.45) is 2.63. The molecule has 2 nitrogen and oxygen atoms in total. The van der Waals surface area contributed by atoms with Crippen molar-refractivity contribution < 1.29 is 4.74 Å². The molecule has 11 heavy (non-hydrogen) atoms. The van der Waals surface area contributed by atoms with Crippen LogP contribution in [0.2, 0.25) is 0 Å².